The number of fused-ring (bicyclic) bond motifs is 1. The van der Waals surface area contributed by atoms with Gasteiger partial charge in [-0.2, -0.15) is 5.10 Å². The van der Waals surface area contributed by atoms with E-state index in [-0.39, 0.29) is 17.5 Å². The highest BCUT2D eigenvalue weighted by atomic mass is 16.6. The zero-order chi connectivity index (χ0) is 16.4. The Kier molecular flexibility index (Phi) is 4.14. The lowest BCUT2D eigenvalue weighted by atomic mass is 10.1. The summed E-state index contributed by atoms with van der Waals surface area (Å²) >= 11 is 0. The van der Waals surface area contributed by atoms with Crippen LogP contribution in [0.25, 0.3) is 0 Å². The summed E-state index contributed by atoms with van der Waals surface area (Å²) in [4.78, 5) is 15.4. The van der Waals surface area contributed by atoms with Crippen molar-refractivity contribution in [1.29, 1.82) is 0 Å². The topological polar surface area (TPSA) is 95.1 Å². The average Bonchev–Trinajstić information content (AvgIpc) is 2.87. The molecule has 0 spiro atoms. The third kappa shape index (κ3) is 3.10. The fourth-order valence-corrected chi connectivity index (χ4v) is 2.87. The van der Waals surface area contributed by atoms with Crippen LogP contribution in [0.3, 0.4) is 0 Å². The van der Waals surface area contributed by atoms with Crippen molar-refractivity contribution in [2.24, 2.45) is 0 Å². The maximum atomic E-state index is 11.4. The molecule has 0 bridgehead atoms. The number of aryl methyl sites for hydroxylation is 2. The maximum absolute atomic E-state index is 11.4. The third-order valence-corrected chi connectivity index (χ3v) is 3.81. The van der Waals surface area contributed by atoms with Gasteiger partial charge in [-0.1, -0.05) is 6.07 Å². The van der Waals surface area contributed by atoms with Gasteiger partial charge in [0, 0.05) is 12.5 Å². The molecule has 0 fully saturated rings. The lowest BCUT2D eigenvalue weighted by molar-refractivity contribution is -0.385. The maximum Gasteiger partial charge on any atom is 0.333 e. The van der Waals surface area contributed by atoms with Gasteiger partial charge in [-0.3, -0.25) is 10.1 Å². The van der Waals surface area contributed by atoms with E-state index >= 15 is 0 Å². The second-order valence-electron chi connectivity index (χ2n) is 5.48. The number of nitrogens with one attached hydrogen (secondary N) is 1. The van der Waals surface area contributed by atoms with Gasteiger partial charge in [0.05, 0.1) is 18.1 Å². The molecule has 0 radical (unpaired) electrons. The van der Waals surface area contributed by atoms with E-state index in [1.807, 2.05) is 11.6 Å². The Labute approximate surface area is 133 Å². The molecule has 0 saturated carbocycles. The third-order valence-electron chi connectivity index (χ3n) is 3.81. The summed E-state index contributed by atoms with van der Waals surface area (Å²) in [7, 11) is 0. The van der Waals surface area contributed by atoms with Crippen molar-refractivity contribution in [1.82, 2.24) is 14.8 Å². The summed E-state index contributed by atoms with van der Waals surface area (Å²) in [6.45, 7) is 4.70. The quantitative estimate of drug-likeness (QED) is 0.671. The molecule has 0 saturated heterocycles. The predicted octanol–water partition coefficient (Wildman–Crippen LogP) is 2.32. The summed E-state index contributed by atoms with van der Waals surface area (Å²) in [5.74, 6) is 2.01. The van der Waals surface area contributed by atoms with Crippen LogP contribution in [0.2, 0.25) is 0 Å². The molecule has 1 aromatic heterocycles. The first kappa shape index (κ1) is 15.3. The van der Waals surface area contributed by atoms with Crippen LogP contribution in [-0.4, -0.2) is 32.3 Å². The first-order chi connectivity index (χ1) is 11.1. The summed E-state index contributed by atoms with van der Waals surface area (Å²) < 4.78 is 7.25. The van der Waals surface area contributed by atoms with Gasteiger partial charge in [-0.05, 0) is 32.4 Å². The first-order valence-corrected chi connectivity index (χ1v) is 7.65. The molecule has 3 rings (SSSR count). The Morgan fingerprint density at radius 3 is 3.09 bits per heavy atom. The van der Waals surface area contributed by atoms with Crippen LogP contribution < -0.4 is 10.1 Å². The van der Waals surface area contributed by atoms with Crippen molar-refractivity contribution >= 4 is 11.4 Å². The van der Waals surface area contributed by atoms with Crippen LogP contribution >= 0.6 is 0 Å². The summed E-state index contributed by atoms with van der Waals surface area (Å²) in [5.41, 5.74) is 0.459. The van der Waals surface area contributed by atoms with Gasteiger partial charge in [0.15, 0.2) is 5.75 Å². The van der Waals surface area contributed by atoms with Gasteiger partial charge in [-0.15, -0.1) is 0 Å². The van der Waals surface area contributed by atoms with E-state index in [2.05, 4.69) is 15.4 Å². The minimum Gasteiger partial charge on any atom is -0.487 e. The van der Waals surface area contributed by atoms with Gasteiger partial charge in [0.2, 0.25) is 0 Å². The molecule has 0 amide bonds. The van der Waals surface area contributed by atoms with Gasteiger partial charge in [-0.25, -0.2) is 9.67 Å². The lowest BCUT2D eigenvalue weighted by Gasteiger charge is -2.24. The normalized spacial score (nSPS) is 16.7. The second-order valence-corrected chi connectivity index (χ2v) is 5.48. The molecular weight excluding hydrogens is 298 g/mol. The number of rotatable bonds is 5. The van der Waals surface area contributed by atoms with Crippen LogP contribution in [-0.2, 0) is 13.0 Å². The van der Waals surface area contributed by atoms with Crippen molar-refractivity contribution in [3.63, 3.8) is 0 Å². The van der Waals surface area contributed by atoms with Crippen molar-refractivity contribution in [3.05, 3.63) is 40.0 Å². The molecule has 2 heterocycles. The van der Waals surface area contributed by atoms with Crippen molar-refractivity contribution in [2.75, 3.05) is 11.9 Å². The summed E-state index contributed by atoms with van der Waals surface area (Å²) in [5, 5.41) is 19.0. The smallest absolute Gasteiger partial charge is 0.333 e. The van der Waals surface area contributed by atoms with E-state index < -0.39 is 4.92 Å². The van der Waals surface area contributed by atoms with Gasteiger partial charge < -0.3 is 10.1 Å². The van der Waals surface area contributed by atoms with Crippen LogP contribution in [0, 0.1) is 17.0 Å². The number of hydrogen-bond acceptors (Lipinski definition) is 6. The summed E-state index contributed by atoms with van der Waals surface area (Å²) in [6.07, 6.45) is 1.66. The van der Waals surface area contributed by atoms with Crippen molar-refractivity contribution in [3.8, 4) is 5.75 Å². The average molecular weight is 317 g/mol. The largest absolute Gasteiger partial charge is 0.487 e. The SMILES string of the molecule is CCOc1cccc(N[C@@H]2CCc3nc(C)nn3C2)c1[N+](=O)[O-]. The Hall–Kier alpha value is -2.64. The Balaban J connectivity index is 1.83. The van der Waals surface area contributed by atoms with Gasteiger partial charge in [0.25, 0.3) is 0 Å². The molecule has 8 heteroatoms. The van der Waals surface area contributed by atoms with Crippen molar-refractivity contribution in [2.45, 2.75) is 39.3 Å². The van der Waals surface area contributed by atoms with Gasteiger partial charge >= 0.3 is 5.69 Å². The predicted molar refractivity (Wildman–Crippen MR) is 84.8 cm³/mol. The number of anilines is 1. The second kappa shape index (κ2) is 6.23. The molecule has 1 aliphatic heterocycles. The molecule has 8 nitrogen and oxygen atoms in total. The van der Waals surface area contributed by atoms with E-state index in [1.54, 1.807) is 25.1 Å². The van der Waals surface area contributed by atoms with E-state index in [0.29, 0.717) is 18.8 Å². The summed E-state index contributed by atoms with van der Waals surface area (Å²) in [6, 6.07) is 5.16. The Morgan fingerprint density at radius 1 is 1.52 bits per heavy atom. The molecular formula is C15H19N5O3. The van der Waals surface area contributed by atoms with Crippen LogP contribution in [0.15, 0.2) is 18.2 Å². The van der Waals surface area contributed by atoms with E-state index in [1.165, 1.54) is 0 Å². The lowest BCUT2D eigenvalue weighted by Crippen LogP contribution is -2.32. The molecule has 1 N–H and O–H groups in total. The zero-order valence-corrected chi connectivity index (χ0v) is 13.2. The van der Waals surface area contributed by atoms with E-state index in [0.717, 1.165) is 24.5 Å². The number of aromatic nitrogens is 3. The Bertz CT molecular complexity index is 728. The molecule has 2 aromatic rings. The number of nitrogens with zero attached hydrogens (tertiary/aromatic N) is 4. The minimum absolute atomic E-state index is 0.0186. The molecule has 1 atom stereocenters. The molecule has 0 unspecified atom stereocenters. The molecule has 23 heavy (non-hydrogen) atoms. The van der Waals surface area contributed by atoms with Crippen LogP contribution in [0.5, 0.6) is 5.75 Å². The highest BCUT2D eigenvalue weighted by molar-refractivity contribution is 5.68. The highest BCUT2D eigenvalue weighted by Gasteiger charge is 2.26. The van der Waals surface area contributed by atoms with Crippen molar-refractivity contribution < 1.29 is 9.66 Å². The molecule has 122 valence electrons. The number of benzene rings is 1. The first-order valence-electron chi connectivity index (χ1n) is 7.65. The van der Waals surface area contributed by atoms with E-state index in [4.69, 9.17) is 4.74 Å². The molecule has 0 aliphatic carbocycles. The minimum atomic E-state index is -0.402. The van der Waals surface area contributed by atoms with Crippen LogP contribution in [0.1, 0.15) is 25.0 Å². The molecule has 1 aliphatic rings. The van der Waals surface area contributed by atoms with Gasteiger partial charge in [0.1, 0.15) is 17.3 Å². The van der Waals surface area contributed by atoms with Crippen LogP contribution in [0.4, 0.5) is 11.4 Å². The highest BCUT2D eigenvalue weighted by Crippen LogP contribution is 2.35. The fourth-order valence-electron chi connectivity index (χ4n) is 2.87. The number of nitro groups is 1. The Morgan fingerprint density at radius 2 is 2.35 bits per heavy atom. The number of ether oxygens (including phenoxy) is 1. The zero-order valence-electron chi connectivity index (χ0n) is 13.2. The fraction of sp³-hybridized carbons (Fsp3) is 0.467. The monoisotopic (exact) mass is 317 g/mol. The number of hydrogen-bond donors (Lipinski definition) is 1. The number of nitro benzene ring substituents is 1. The standard InChI is InChI=1S/C15H19N5O3/c1-3-23-13-6-4-5-12(15(13)20(21)22)17-11-7-8-14-16-10(2)18-19(14)9-11/h4-6,11,17H,3,7-9H2,1-2H3/t11-/m1/s1. The number of para-hydroxylation sites is 1. The molecule has 1 aromatic carbocycles. The van der Waals surface area contributed by atoms with E-state index in [9.17, 15) is 10.1 Å².